The molecule has 0 aliphatic rings. The summed E-state index contributed by atoms with van der Waals surface area (Å²) >= 11 is 0. The molecule has 1 rings (SSSR count). The van der Waals surface area contributed by atoms with Gasteiger partial charge in [0.25, 0.3) is 0 Å². The van der Waals surface area contributed by atoms with E-state index < -0.39 is 0 Å². The second-order valence-electron chi connectivity index (χ2n) is 3.99. The number of unbranched alkanes of at least 4 members (excludes halogenated alkanes) is 1. The molecular formula is C13H24N2O3. The van der Waals surface area contributed by atoms with E-state index in [-0.39, 0.29) is 0 Å². The van der Waals surface area contributed by atoms with Crippen LogP contribution in [0, 0.1) is 0 Å². The lowest BCUT2D eigenvalue weighted by atomic mass is 10.4. The van der Waals surface area contributed by atoms with E-state index in [0.717, 1.165) is 19.6 Å². The van der Waals surface area contributed by atoms with Crippen LogP contribution in [0.4, 0.5) is 0 Å². The van der Waals surface area contributed by atoms with Gasteiger partial charge in [0.1, 0.15) is 0 Å². The molecule has 0 aliphatic heterocycles. The molecule has 0 amide bonds. The van der Waals surface area contributed by atoms with Gasteiger partial charge in [0.2, 0.25) is 0 Å². The third-order valence-electron chi connectivity index (χ3n) is 2.44. The highest BCUT2D eigenvalue weighted by molar-refractivity contribution is 4.73. The first-order valence-corrected chi connectivity index (χ1v) is 6.62. The molecular weight excluding hydrogens is 232 g/mol. The first-order valence-electron chi connectivity index (χ1n) is 6.62. The smallest absolute Gasteiger partial charge is 0.0946 e. The van der Waals surface area contributed by atoms with E-state index in [4.69, 9.17) is 14.2 Å². The number of rotatable bonds is 12. The first-order chi connectivity index (χ1) is 8.93. The van der Waals surface area contributed by atoms with Crippen LogP contribution in [0.15, 0.2) is 18.7 Å². The molecule has 104 valence electrons. The Kier molecular flexibility index (Phi) is 9.42. The molecule has 0 aromatic carbocycles. The van der Waals surface area contributed by atoms with Gasteiger partial charge in [-0.1, -0.05) is 13.3 Å². The van der Waals surface area contributed by atoms with E-state index in [2.05, 4.69) is 11.9 Å². The summed E-state index contributed by atoms with van der Waals surface area (Å²) in [5.41, 5.74) is 0. The molecule has 0 bridgehead atoms. The molecule has 5 heteroatoms. The number of imidazole rings is 1. The Morgan fingerprint density at radius 2 is 1.61 bits per heavy atom. The third kappa shape index (κ3) is 8.22. The Balaban J connectivity index is 1.73. The highest BCUT2D eigenvalue weighted by Crippen LogP contribution is 1.89. The predicted molar refractivity (Wildman–Crippen MR) is 69.6 cm³/mol. The first kappa shape index (κ1) is 15.1. The Labute approximate surface area is 109 Å². The van der Waals surface area contributed by atoms with Crippen molar-refractivity contribution in [3.8, 4) is 0 Å². The molecule has 0 saturated heterocycles. The fourth-order valence-electron chi connectivity index (χ4n) is 1.38. The van der Waals surface area contributed by atoms with E-state index >= 15 is 0 Å². The Morgan fingerprint density at radius 1 is 0.944 bits per heavy atom. The van der Waals surface area contributed by atoms with Crippen molar-refractivity contribution < 1.29 is 14.2 Å². The van der Waals surface area contributed by atoms with Crippen molar-refractivity contribution >= 4 is 0 Å². The predicted octanol–water partition coefficient (Wildman–Crippen LogP) is 1.73. The highest BCUT2D eigenvalue weighted by Gasteiger charge is 1.92. The molecule has 0 unspecified atom stereocenters. The standard InChI is InChI=1S/C13H24N2O3/c1-2-3-7-16-9-11-18-12-10-17-8-6-15-5-4-14-13-15/h4-5,13H,2-3,6-12H2,1H3. The number of ether oxygens (including phenoxy) is 3. The van der Waals surface area contributed by atoms with E-state index in [1.54, 1.807) is 12.5 Å². The number of aromatic nitrogens is 2. The molecule has 0 N–H and O–H groups in total. The van der Waals surface area contributed by atoms with Gasteiger partial charge in [-0.25, -0.2) is 4.98 Å². The van der Waals surface area contributed by atoms with Gasteiger partial charge in [0, 0.05) is 25.5 Å². The summed E-state index contributed by atoms with van der Waals surface area (Å²) in [4.78, 5) is 3.96. The fraction of sp³-hybridized carbons (Fsp3) is 0.769. The van der Waals surface area contributed by atoms with Crippen molar-refractivity contribution in [1.82, 2.24) is 9.55 Å². The lowest BCUT2D eigenvalue weighted by Gasteiger charge is -2.06. The van der Waals surface area contributed by atoms with E-state index in [9.17, 15) is 0 Å². The summed E-state index contributed by atoms with van der Waals surface area (Å²) in [5.74, 6) is 0. The zero-order valence-corrected chi connectivity index (χ0v) is 11.2. The van der Waals surface area contributed by atoms with Crippen molar-refractivity contribution in [2.75, 3.05) is 39.6 Å². The molecule has 1 aromatic heterocycles. The van der Waals surface area contributed by atoms with Crippen molar-refractivity contribution in [3.05, 3.63) is 18.7 Å². The van der Waals surface area contributed by atoms with E-state index in [1.807, 2.05) is 10.8 Å². The second kappa shape index (κ2) is 11.2. The minimum atomic E-state index is 0.626. The van der Waals surface area contributed by atoms with Gasteiger partial charge >= 0.3 is 0 Å². The van der Waals surface area contributed by atoms with Crippen LogP contribution < -0.4 is 0 Å². The van der Waals surface area contributed by atoms with Crippen molar-refractivity contribution in [2.24, 2.45) is 0 Å². The third-order valence-corrected chi connectivity index (χ3v) is 2.44. The molecule has 0 spiro atoms. The summed E-state index contributed by atoms with van der Waals surface area (Å²) < 4.78 is 18.2. The van der Waals surface area contributed by atoms with Crippen molar-refractivity contribution in [1.29, 1.82) is 0 Å². The Morgan fingerprint density at radius 3 is 2.22 bits per heavy atom. The maximum absolute atomic E-state index is 5.44. The molecule has 0 aliphatic carbocycles. The van der Waals surface area contributed by atoms with Gasteiger partial charge in [-0.15, -0.1) is 0 Å². The van der Waals surface area contributed by atoms with Gasteiger partial charge in [0.15, 0.2) is 0 Å². The molecule has 5 nitrogen and oxygen atoms in total. The van der Waals surface area contributed by atoms with Crippen LogP contribution >= 0.6 is 0 Å². The monoisotopic (exact) mass is 256 g/mol. The van der Waals surface area contributed by atoms with Crippen LogP contribution in [0.1, 0.15) is 19.8 Å². The number of nitrogens with zero attached hydrogens (tertiary/aromatic N) is 2. The van der Waals surface area contributed by atoms with Gasteiger partial charge in [0.05, 0.1) is 39.4 Å². The maximum atomic E-state index is 5.44. The lowest BCUT2D eigenvalue weighted by molar-refractivity contribution is 0.0127. The number of hydrogen-bond acceptors (Lipinski definition) is 4. The van der Waals surface area contributed by atoms with Gasteiger partial charge < -0.3 is 18.8 Å². The van der Waals surface area contributed by atoms with Crippen LogP contribution in [0.5, 0.6) is 0 Å². The summed E-state index contributed by atoms with van der Waals surface area (Å²) in [6.07, 6.45) is 7.77. The topological polar surface area (TPSA) is 45.5 Å². The Bertz CT molecular complexity index is 265. The average molecular weight is 256 g/mol. The van der Waals surface area contributed by atoms with Crippen LogP contribution in [-0.4, -0.2) is 49.2 Å². The quantitative estimate of drug-likeness (QED) is 0.534. The highest BCUT2D eigenvalue weighted by atomic mass is 16.5. The largest absolute Gasteiger partial charge is 0.379 e. The zero-order chi connectivity index (χ0) is 12.9. The van der Waals surface area contributed by atoms with Crippen LogP contribution in [0.25, 0.3) is 0 Å². The second-order valence-corrected chi connectivity index (χ2v) is 3.99. The SMILES string of the molecule is CCCCOCCOCCOCCn1ccnc1. The van der Waals surface area contributed by atoms with Crippen LogP contribution in [0.2, 0.25) is 0 Å². The minimum absolute atomic E-state index is 0.626. The minimum Gasteiger partial charge on any atom is -0.379 e. The molecule has 18 heavy (non-hydrogen) atoms. The van der Waals surface area contributed by atoms with Crippen LogP contribution in [0.3, 0.4) is 0 Å². The van der Waals surface area contributed by atoms with Gasteiger partial charge in [-0.05, 0) is 6.42 Å². The summed E-state index contributed by atoms with van der Waals surface area (Å²) in [6.45, 7) is 7.09. The fourth-order valence-corrected chi connectivity index (χ4v) is 1.38. The molecule has 0 fully saturated rings. The summed E-state index contributed by atoms with van der Waals surface area (Å²) in [5, 5.41) is 0. The van der Waals surface area contributed by atoms with E-state index in [0.29, 0.717) is 33.0 Å². The average Bonchev–Trinajstić information content (AvgIpc) is 2.89. The van der Waals surface area contributed by atoms with Crippen molar-refractivity contribution in [2.45, 2.75) is 26.3 Å². The van der Waals surface area contributed by atoms with Crippen LogP contribution in [-0.2, 0) is 20.8 Å². The lowest BCUT2D eigenvalue weighted by Crippen LogP contribution is -2.11. The summed E-state index contributed by atoms with van der Waals surface area (Å²) in [6, 6.07) is 0. The number of hydrogen-bond donors (Lipinski definition) is 0. The molecule has 0 atom stereocenters. The molecule has 1 aromatic rings. The molecule has 0 radical (unpaired) electrons. The normalized spacial score (nSPS) is 10.9. The maximum Gasteiger partial charge on any atom is 0.0946 e. The summed E-state index contributed by atoms with van der Waals surface area (Å²) in [7, 11) is 0. The Hall–Kier alpha value is -0.910. The van der Waals surface area contributed by atoms with Crippen molar-refractivity contribution in [3.63, 3.8) is 0 Å². The zero-order valence-electron chi connectivity index (χ0n) is 11.2. The van der Waals surface area contributed by atoms with Gasteiger partial charge in [-0.2, -0.15) is 0 Å². The molecule has 0 saturated carbocycles. The van der Waals surface area contributed by atoms with Gasteiger partial charge in [-0.3, -0.25) is 0 Å². The van der Waals surface area contributed by atoms with E-state index in [1.165, 1.54) is 6.42 Å². The molecule has 1 heterocycles.